The van der Waals surface area contributed by atoms with E-state index in [1.54, 1.807) is 11.8 Å². The fraction of sp³-hybridized carbons (Fsp3) is 0.571. The Balaban J connectivity index is 1.17. The number of cyclic esters (lactones) is 1. The van der Waals surface area contributed by atoms with Crippen LogP contribution in [-0.4, -0.2) is 84.9 Å². The highest BCUT2D eigenvalue weighted by Gasteiger charge is 2.49. The monoisotopic (exact) mass is 438 g/mol. The van der Waals surface area contributed by atoms with Gasteiger partial charge in [0.05, 0.1) is 22.4 Å². The molecule has 5 rings (SSSR count). The molecule has 3 aliphatic heterocycles. The van der Waals surface area contributed by atoms with Gasteiger partial charge < -0.3 is 14.5 Å². The molecule has 0 atom stereocenters. The van der Waals surface area contributed by atoms with Gasteiger partial charge in [-0.15, -0.1) is 10.2 Å². The first-order valence-electron chi connectivity index (χ1n) is 10.9. The summed E-state index contributed by atoms with van der Waals surface area (Å²) in [5, 5.41) is 19.7. The van der Waals surface area contributed by atoms with Gasteiger partial charge in [0, 0.05) is 19.5 Å². The van der Waals surface area contributed by atoms with Crippen molar-refractivity contribution in [2.75, 3.05) is 32.8 Å². The number of nitrogens with zero attached hydrogens (tertiary/aromatic N) is 8. The predicted molar refractivity (Wildman–Crippen MR) is 111 cm³/mol. The predicted octanol–water partition coefficient (Wildman–Crippen LogP) is 0.449. The Morgan fingerprint density at radius 2 is 1.88 bits per heavy atom. The summed E-state index contributed by atoms with van der Waals surface area (Å²) in [6.07, 6.45) is 4.81. The summed E-state index contributed by atoms with van der Waals surface area (Å²) in [6, 6.07) is 1.93. The molecule has 2 aromatic rings. The van der Waals surface area contributed by atoms with Crippen LogP contribution in [-0.2, 0) is 20.7 Å². The summed E-state index contributed by atoms with van der Waals surface area (Å²) < 4.78 is 6.59. The zero-order valence-corrected chi connectivity index (χ0v) is 18.3. The van der Waals surface area contributed by atoms with Crippen LogP contribution in [0.1, 0.15) is 37.4 Å². The maximum atomic E-state index is 13.3. The average Bonchev–Trinajstić information content (AvgIpc) is 3.52. The molecule has 168 valence electrons. The summed E-state index contributed by atoms with van der Waals surface area (Å²) in [7, 11) is 0. The number of aryl methyl sites for hydroxylation is 1. The van der Waals surface area contributed by atoms with Gasteiger partial charge in [0.1, 0.15) is 12.9 Å². The first-order chi connectivity index (χ1) is 15.5. The van der Waals surface area contributed by atoms with E-state index < -0.39 is 0 Å². The molecule has 32 heavy (non-hydrogen) atoms. The average molecular weight is 438 g/mol. The van der Waals surface area contributed by atoms with Crippen molar-refractivity contribution >= 4 is 11.9 Å². The Bertz CT molecular complexity index is 1070. The zero-order chi connectivity index (χ0) is 22.3. The van der Waals surface area contributed by atoms with E-state index in [4.69, 9.17) is 4.74 Å². The Hall–Kier alpha value is -3.21. The molecule has 11 heteroatoms. The number of carbonyl (C=O) groups is 2. The van der Waals surface area contributed by atoms with E-state index >= 15 is 0 Å². The third-order valence-corrected chi connectivity index (χ3v) is 7.05. The zero-order valence-electron chi connectivity index (χ0n) is 18.3. The lowest BCUT2D eigenvalue weighted by Crippen LogP contribution is -2.45. The first-order valence-corrected chi connectivity index (χ1v) is 10.9. The summed E-state index contributed by atoms with van der Waals surface area (Å²) in [5.74, 6) is 0.442. The van der Waals surface area contributed by atoms with E-state index in [1.807, 2.05) is 13.0 Å². The lowest BCUT2D eigenvalue weighted by atomic mass is 9.77. The third kappa shape index (κ3) is 3.56. The fourth-order valence-corrected chi connectivity index (χ4v) is 4.88. The van der Waals surface area contributed by atoms with Crippen LogP contribution < -0.4 is 0 Å². The number of aromatic nitrogens is 6. The van der Waals surface area contributed by atoms with Crippen molar-refractivity contribution in [3.63, 3.8) is 0 Å². The van der Waals surface area contributed by atoms with Crippen molar-refractivity contribution < 1.29 is 14.3 Å². The number of hydrogen-bond donors (Lipinski definition) is 0. The Labute approximate surface area is 185 Å². The number of ether oxygens (including phenoxy) is 1. The van der Waals surface area contributed by atoms with Crippen LogP contribution in [0.4, 0.5) is 0 Å². The maximum Gasteiger partial charge on any atom is 0.336 e. The second kappa shape index (κ2) is 8.05. The first kappa shape index (κ1) is 20.7. The summed E-state index contributed by atoms with van der Waals surface area (Å²) >= 11 is 0. The van der Waals surface area contributed by atoms with Gasteiger partial charge in [0.25, 0.3) is 0 Å². The number of tetrazole rings is 1. The smallest absolute Gasteiger partial charge is 0.336 e. The Morgan fingerprint density at radius 1 is 1.09 bits per heavy atom. The van der Waals surface area contributed by atoms with E-state index in [0.29, 0.717) is 17.9 Å². The quantitative estimate of drug-likeness (QED) is 0.613. The summed E-state index contributed by atoms with van der Waals surface area (Å²) in [5.41, 5.74) is 3.02. The molecule has 2 saturated heterocycles. The molecule has 0 saturated carbocycles. The van der Waals surface area contributed by atoms with E-state index in [-0.39, 0.29) is 23.9 Å². The second-order valence-corrected chi connectivity index (χ2v) is 8.81. The summed E-state index contributed by atoms with van der Waals surface area (Å²) in [4.78, 5) is 29.1. The van der Waals surface area contributed by atoms with Gasteiger partial charge in [-0.3, -0.25) is 4.79 Å². The second-order valence-electron chi connectivity index (χ2n) is 8.81. The van der Waals surface area contributed by atoms with Gasteiger partial charge in [-0.25, -0.2) is 4.79 Å². The fourth-order valence-electron chi connectivity index (χ4n) is 4.88. The van der Waals surface area contributed by atoms with Crippen molar-refractivity contribution in [1.29, 1.82) is 0 Å². The number of esters is 1. The van der Waals surface area contributed by atoms with Crippen LogP contribution in [0.15, 0.2) is 23.7 Å². The van der Waals surface area contributed by atoms with Crippen LogP contribution >= 0.6 is 0 Å². The van der Waals surface area contributed by atoms with Crippen LogP contribution in [0.2, 0.25) is 0 Å². The van der Waals surface area contributed by atoms with Gasteiger partial charge >= 0.3 is 5.97 Å². The standard InChI is InChI=1S/C21H26N8O3/c1-14-11-18(29-13-22-25-26-29)24-23-16(14)3-7-27-8-4-21(5-9-27)6-10-28(20(21)31)17-12-32-19(30)15(17)2/h11,13H,3-10,12H2,1-2H3. The largest absolute Gasteiger partial charge is 0.456 e. The molecule has 0 aliphatic carbocycles. The molecule has 2 aromatic heterocycles. The molecular formula is C21H26N8O3. The molecule has 0 bridgehead atoms. The van der Waals surface area contributed by atoms with E-state index in [9.17, 15) is 9.59 Å². The lowest BCUT2D eigenvalue weighted by molar-refractivity contribution is -0.138. The lowest BCUT2D eigenvalue weighted by Gasteiger charge is -2.38. The van der Waals surface area contributed by atoms with Crippen LogP contribution in [0.3, 0.4) is 0 Å². The van der Waals surface area contributed by atoms with Crippen molar-refractivity contribution in [3.05, 3.63) is 34.9 Å². The maximum absolute atomic E-state index is 13.3. The molecule has 1 amide bonds. The number of rotatable bonds is 5. The highest BCUT2D eigenvalue weighted by Crippen LogP contribution is 2.43. The number of carbonyl (C=O) groups excluding carboxylic acids is 2. The van der Waals surface area contributed by atoms with Gasteiger partial charge in [-0.2, -0.15) is 9.78 Å². The molecule has 0 radical (unpaired) electrons. The number of piperidine rings is 1. The third-order valence-electron chi connectivity index (χ3n) is 7.05. The molecule has 1 spiro atoms. The van der Waals surface area contributed by atoms with E-state index in [1.165, 1.54) is 11.0 Å². The molecule has 11 nitrogen and oxygen atoms in total. The summed E-state index contributed by atoms with van der Waals surface area (Å²) in [6.45, 7) is 7.27. The Morgan fingerprint density at radius 3 is 2.53 bits per heavy atom. The number of likely N-dealkylation sites (tertiary alicyclic amines) is 2. The highest BCUT2D eigenvalue weighted by atomic mass is 16.5. The van der Waals surface area contributed by atoms with Crippen molar-refractivity contribution in [2.45, 2.75) is 39.5 Å². The van der Waals surface area contributed by atoms with Gasteiger partial charge in [-0.1, -0.05) is 0 Å². The molecule has 0 aromatic carbocycles. The van der Waals surface area contributed by atoms with E-state index in [0.717, 1.165) is 62.3 Å². The molecule has 5 heterocycles. The molecule has 3 aliphatic rings. The van der Waals surface area contributed by atoms with Crippen molar-refractivity contribution in [2.24, 2.45) is 5.41 Å². The Kier molecular flexibility index (Phi) is 5.20. The van der Waals surface area contributed by atoms with Crippen LogP contribution in [0, 0.1) is 12.3 Å². The van der Waals surface area contributed by atoms with Crippen molar-refractivity contribution in [3.8, 4) is 5.82 Å². The van der Waals surface area contributed by atoms with Gasteiger partial charge in [0.2, 0.25) is 5.91 Å². The van der Waals surface area contributed by atoms with Gasteiger partial charge in [0.15, 0.2) is 5.82 Å². The molecule has 0 N–H and O–H groups in total. The number of amides is 1. The van der Waals surface area contributed by atoms with E-state index in [2.05, 4.69) is 30.6 Å². The number of hydrogen-bond acceptors (Lipinski definition) is 9. The minimum atomic E-state index is -0.312. The van der Waals surface area contributed by atoms with Gasteiger partial charge in [-0.05, 0) is 68.3 Å². The van der Waals surface area contributed by atoms with Crippen molar-refractivity contribution in [1.82, 2.24) is 40.2 Å². The molecule has 2 fully saturated rings. The minimum absolute atomic E-state index is 0.157. The topological polar surface area (TPSA) is 119 Å². The molecular weight excluding hydrogens is 412 g/mol. The van der Waals surface area contributed by atoms with Crippen LogP contribution in [0.25, 0.3) is 5.82 Å². The highest BCUT2D eigenvalue weighted by molar-refractivity contribution is 5.94. The molecule has 0 unspecified atom stereocenters. The normalized spacial score (nSPS) is 21.1. The van der Waals surface area contributed by atoms with Crippen LogP contribution in [0.5, 0.6) is 0 Å². The SMILES string of the molecule is CC1=C(N2CCC3(CCN(CCc4nnc(-n5cnnn5)cc4C)CC3)C2=O)COC1=O. The minimum Gasteiger partial charge on any atom is -0.456 e.